The van der Waals surface area contributed by atoms with Gasteiger partial charge in [0.2, 0.25) is 5.43 Å². The predicted octanol–water partition coefficient (Wildman–Crippen LogP) is 1.95. The molecular formula is C28H29F2N4O8P. The van der Waals surface area contributed by atoms with Gasteiger partial charge < -0.3 is 29.5 Å². The molecule has 0 radical (unpaired) electrons. The number of likely N-dealkylation sites (N-methyl/N-ethyl adjacent to an activating group) is 1. The summed E-state index contributed by atoms with van der Waals surface area (Å²) >= 11 is 0. The zero-order valence-corrected chi connectivity index (χ0v) is 23.9. The number of nitrogens with one attached hydrogen (secondary N) is 1. The number of hydrogen-bond donors (Lipinski definition) is 3. The monoisotopic (exact) mass is 618 g/mol. The Labute approximate surface area is 244 Å². The van der Waals surface area contributed by atoms with Crippen LogP contribution >= 0.6 is 7.60 Å². The van der Waals surface area contributed by atoms with Crippen LogP contribution in [0.3, 0.4) is 0 Å². The molecule has 2 amide bonds. The molecule has 5 rings (SSSR count). The zero-order valence-electron chi connectivity index (χ0n) is 23.0. The molecule has 1 spiro atoms. The van der Waals surface area contributed by atoms with Crippen LogP contribution in [0.25, 0.3) is 0 Å². The van der Waals surface area contributed by atoms with Gasteiger partial charge in [0, 0.05) is 44.4 Å². The summed E-state index contributed by atoms with van der Waals surface area (Å²) in [5.41, 5.74) is -2.19. The van der Waals surface area contributed by atoms with Crippen LogP contribution in [0.5, 0.6) is 5.75 Å². The molecule has 0 saturated carbocycles. The number of fused-ring (bicyclic) bond motifs is 1. The van der Waals surface area contributed by atoms with E-state index in [9.17, 15) is 37.5 Å². The van der Waals surface area contributed by atoms with Crippen LogP contribution in [0.4, 0.5) is 8.78 Å². The van der Waals surface area contributed by atoms with Crippen LogP contribution in [0, 0.1) is 11.6 Å². The quantitative estimate of drug-likeness (QED) is 0.306. The lowest BCUT2D eigenvalue weighted by Gasteiger charge is -2.52. The van der Waals surface area contributed by atoms with Gasteiger partial charge in [-0.3, -0.25) is 28.6 Å². The second-order valence-electron chi connectivity index (χ2n) is 10.2. The summed E-state index contributed by atoms with van der Waals surface area (Å²) in [6.07, 6.45) is 0.773. The highest BCUT2D eigenvalue weighted by atomic mass is 31.2. The summed E-state index contributed by atoms with van der Waals surface area (Å²) < 4.78 is 52.2. The SMILES string of the molecule is CN1C(=O)c2c(OCc3ccccc3)c(=O)c(C(=O)NCc3ccc(F)cc3F)cn2N(CCP(=O)(O)O)[C@]12CCOC2. The highest BCUT2D eigenvalue weighted by molar-refractivity contribution is 7.51. The maximum Gasteiger partial charge on any atom is 0.327 e. The summed E-state index contributed by atoms with van der Waals surface area (Å²) in [6.45, 7) is -0.557. The standard InChI is InChI=1S/C28H29F2N4O8P/c1-32-27(37)23-25(42-16-18-5-3-2-4-6-18)24(35)21(26(36)31-14-19-7-8-20(29)13-22(19)30)15-33(23)34(10-12-43(38,39)40)28(32)9-11-41-17-28/h2-8,13,15H,9-12,14,16-17H2,1H3,(H,31,36)(H2,38,39,40)/t28-/m0/s1. The van der Waals surface area contributed by atoms with Gasteiger partial charge in [0.25, 0.3) is 11.8 Å². The van der Waals surface area contributed by atoms with Crippen molar-refractivity contribution >= 4 is 19.4 Å². The normalized spacial score (nSPS) is 18.2. The highest BCUT2D eigenvalue weighted by Crippen LogP contribution is 2.39. The van der Waals surface area contributed by atoms with E-state index in [4.69, 9.17) is 9.47 Å². The lowest BCUT2D eigenvalue weighted by Crippen LogP contribution is -2.70. The predicted molar refractivity (Wildman–Crippen MR) is 149 cm³/mol. The lowest BCUT2D eigenvalue weighted by molar-refractivity contribution is 0.0304. The van der Waals surface area contributed by atoms with Gasteiger partial charge in [-0.05, 0) is 11.6 Å². The van der Waals surface area contributed by atoms with Crippen LogP contribution in [0.15, 0.2) is 59.5 Å². The number of aromatic nitrogens is 1. The average molecular weight is 619 g/mol. The third kappa shape index (κ3) is 6.04. The number of carbonyl (C=O) groups is 2. The van der Waals surface area contributed by atoms with Crippen molar-refractivity contribution in [3.63, 3.8) is 0 Å². The highest BCUT2D eigenvalue weighted by Gasteiger charge is 2.52. The summed E-state index contributed by atoms with van der Waals surface area (Å²) in [7, 11) is -3.03. The van der Waals surface area contributed by atoms with Crippen LogP contribution in [0.1, 0.15) is 38.4 Å². The van der Waals surface area contributed by atoms with Crippen molar-refractivity contribution in [1.82, 2.24) is 14.9 Å². The molecule has 43 heavy (non-hydrogen) atoms. The first-order valence-electron chi connectivity index (χ1n) is 13.3. The van der Waals surface area contributed by atoms with E-state index in [0.29, 0.717) is 11.6 Å². The van der Waals surface area contributed by atoms with E-state index >= 15 is 0 Å². The Morgan fingerprint density at radius 2 is 1.91 bits per heavy atom. The van der Waals surface area contributed by atoms with Crippen molar-refractivity contribution in [3.05, 3.63) is 99.0 Å². The van der Waals surface area contributed by atoms with Gasteiger partial charge in [0.1, 0.15) is 23.8 Å². The van der Waals surface area contributed by atoms with Crippen LogP contribution in [0.2, 0.25) is 0 Å². The van der Waals surface area contributed by atoms with Gasteiger partial charge in [0.05, 0.1) is 19.4 Å². The maximum absolute atomic E-state index is 14.2. The number of halogens is 2. The molecule has 1 saturated heterocycles. The minimum Gasteiger partial charge on any atom is -0.482 e. The third-order valence-electron chi connectivity index (χ3n) is 7.53. The molecule has 228 valence electrons. The van der Waals surface area contributed by atoms with E-state index in [0.717, 1.165) is 18.3 Å². The van der Waals surface area contributed by atoms with Gasteiger partial charge in [-0.15, -0.1) is 0 Å². The third-order valence-corrected chi connectivity index (χ3v) is 8.31. The minimum absolute atomic E-state index is 0.00640. The molecule has 0 aliphatic carbocycles. The number of nitrogens with zero attached hydrogens (tertiary/aromatic N) is 3. The first kappa shape index (κ1) is 30.4. The molecule has 12 nitrogen and oxygen atoms in total. The average Bonchev–Trinajstić information content (AvgIpc) is 3.45. The molecule has 3 heterocycles. The number of carbonyl (C=O) groups excluding carboxylic acids is 2. The van der Waals surface area contributed by atoms with Gasteiger partial charge >= 0.3 is 7.60 Å². The molecule has 3 N–H and O–H groups in total. The Morgan fingerprint density at radius 3 is 2.56 bits per heavy atom. The number of rotatable bonds is 9. The molecule has 1 aromatic heterocycles. The van der Waals surface area contributed by atoms with E-state index in [1.807, 2.05) is 0 Å². The van der Waals surface area contributed by atoms with Gasteiger partial charge in [0.15, 0.2) is 17.1 Å². The second kappa shape index (κ2) is 11.9. The fourth-order valence-corrected chi connectivity index (χ4v) is 5.65. The molecule has 2 aromatic carbocycles. The summed E-state index contributed by atoms with van der Waals surface area (Å²) in [4.78, 5) is 61.7. The van der Waals surface area contributed by atoms with Crippen LogP contribution in [-0.2, 0) is 22.5 Å². The Hall–Kier alpha value is -4.10. The van der Waals surface area contributed by atoms with E-state index in [-0.39, 0.29) is 50.6 Å². The van der Waals surface area contributed by atoms with Crippen LogP contribution < -0.4 is 20.5 Å². The van der Waals surface area contributed by atoms with Crippen molar-refractivity contribution in [3.8, 4) is 5.75 Å². The minimum atomic E-state index is -4.53. The molecule has 15 heteroatoms. The van der Waals surface area contributed by atoms with Crippen molar-refractivity contribution < 1.29 is 42.2 Å². The number of ether oxygens (including phenoxy) is 2. The smallest absolute Gasteiger partial charge is 0.327 e. The van der Waals surface area contributed by atoms with Gasteiger partial charge in [-0.2, -0.15) is 0 Å². The zero-order chi connectivity index (χ0) is 30.9. The largest absolute Gasteiger partial charge is 0.482 e. The van der Waals surface area contributed by atoms with Gasteiger partial charge in [-0.25, -0.2) is 8.78 Å². The molecule has 0 bridgehead atoms. The molecule has 1 fully saturated rings. The van der Waals surface area contributed by atoms with Crippen LogP contribution in [-0.4, -0.2) is 69.8 Å². The molecule has 2 aliphatic rings. The van der Waals surface area contributed by atoms with Crippen molar-refractivity contribution in [1.29, 1.82) is 0 Å². The van der Waals surface area contributed by atoms with Crippen molar-refractivity contribution in [2.45, 2.75) is 25.2 Å². The molecule has 0 unspecified atom stereocenters. The Balaban J connectivity index is 1.62. The first-order valence-corrected chi connectivity index (χ1v) is 15.1. The summed E-state index contributed by atoms with van der Waals surface area (Å²) in [5, 5.41) is 3.93. The number of benzene rings is 2. The summed E-state index contributed by atoms with van der Waals surface area (Å²) in [6, 6.07) is 11.6. The maximum atomic E-state index is 14.2. The van der Waals surface area contributed by atoms with Crippen molar-refractivity contribution in [2.75, 3.05) is 38.0 Å². The Bertz CT molecular complexity index is 1660. The number of amides is 2. The fraction of sp³-hybridized carbons (Fsp3) is 0.321. The molecule has 1 atom stereocenters. The molecule has 2 aliphatic heterocycles. The summed E-state index contributed by atoms with van der Waals surface area (Å²) in [5.74, 6) is -3.70. The topological polar surface area (TPSA) is 151 Å². The lowest BCUT2D eigenvalue weighted by atomic mass is 10.0. The Morgan fingerprint density at radius 1 is 1.16 bits per heavy atom. The van der Waals surface area contributed by atoms with Gasteiger partial charge in [-0.1, -0.05) is 36.4 Å². The Kier molecular flexibility index (Phi) is 8.39. The number of hydrogen-bond acceptors (Lipinski definition) is 7. The second-order valence-corrected chi connectivity index (χ2v) is 12.0. The first-order chi connectivity index (χ1) is 20.4. The van der Waals surface area contributed by atoms with E-state index in [1.54, 1.807) is 30.3 Å². The van der Waals surface area contributed by atoms with E-state index in [1.165, 1.54) is 21.6 Å². The fourth-order valence-electron chi connectivity index (χ4n) is 5.20. The molecule has 3 aromatic rings. The molecular weight excluding hydrogens is 589 g/mol. The van der Waals surface area contributed by atoms with E-state index in [2.05, 4.69) is 5.32 Å². The number of pyridine rings is 1. The van der Waals surface area contributed by atoms with Crippen molar-refractivity contribution in [2.24, 2.45) is 0 Å². The van der Waals surface area contributed by atoms with E-state index < -0.39 is 59.6 Å².